The number of amides is 2. The van der Waals surface area contributed by atoms with Gasteiger partial charge in [-0.2, -0.15) is 0 Å². The minimum absolute atomic E-state index is 0.0921. The van der Waals surface area contributed by atoms with Crippen molar-refractivity contribution < 1.29 is 42.9 Å². The maximum absolute atomic E-state index is 13.4. The van der Waals surface area contributed by atoms with Gasteiger partial charge in [0.05, 0.1) is 44.5 Å². The van der Waals surface area contributed by atoms with Gasteiger partial charge in [-0.25, -0.2) is 0 Å². The molecule has 0 heterocycles. The number of para-hydroxylation sites is 1. The summed E-state index contributed by atoms with van der Waals surface area (Å²) >= 11 is 0. The van der Waals surface area contributed by atoms with Crippen molar-refractivity contribution in [3.8, 4) is 24.3 Å². The lowest BCUT2D eigenvalue weighted by Gasteiger charge is -2.33. The highest BCUT2D eigenvalue weighted by Crippen LogP contribution is 2.34. The predicted molar refractivity (Wildman–Crippen MR) is 293 cm³/mol. The standard InChI is InChI=1S/C29H53N5O4.C11H12O3.C10H14O.C2H4O.C2H6.C2H2/c1-5-22-37-24-10-7-13-26(25-38-23-6-2)27(35)33-20-12-15-29(16-21-32-4,14-11-18-31-3)28(36)34-19-9-8-17-30;1-3-7-14-10-6-4-5-9(8-12)11(10)13-2;1-4-6-7-8-10(3)11-9-5-2;1-2-3;2*1-2/h5-7,10,13,31-32H,1-2,8-9,11-12,14-25,30H2,3-4H3,(H,33,35)(H,34,36);3-6,8H,1,7H2,2H3;4-8H,2-3,9H2,1H3;2H,1H3;1-2H3;1-2H/b10-7-,26-13+;;6-4-,8-7-;;;. The van der Waals surface area contributed by atoms with E-state index in [2.05, 4.69) is 67.0 Å². The number of ether oxygens (including phenoxy) is 5. The molecule has 1 aromatic carbocycles. The van der Waals surface area contributed by atoms with Gasteiger partial charge in [-0.1, -0.05) is 100 Å². The number of terminal acetylenes is 1. The second-order valence-electron chi connectivity index (χ2n) is 14.0. The van der Waals surface area contributed by atoms with Crippen LogP contribution in [-0.4, -0.2) is 118 Å². The number of aldehydes is 2. The fraction of sp³-hybridized carbons (Fsp3) is 0.464. The summed E-state index contributed by atoms with van der Waals surface area (Å²) in [5.74, 6) is 1.58. The first kappa shape index (κ1) is 72.9. The van der Waals surface area contributed by atoms with Crippen LogP contribution in [-0.2, 0) is 28.6 Å². The van der Waals surface area contributed by atoms with Crippen molar-refractivity contribution in [3.05, 3.63) is 135 Å². The zero-order valence-corrected chi connectivity index (χ0v) is 43.9. The van der Waals surface area contributed by atoms with Crippen molar-refractivity contribution in [1.29, 1.82) is 0 Å². The van der Waals surface area contributed by atoms with Gasteiger partial charge >= 0.3 is 0 Å². The number of carbonyl (C=O) groups is 4. The number of nitrogens with one attached hydrogen (secondary N) is 4. The molecule has 0 aromatic heterocycles. The van der Waals surface area contributed by atoms with E-state index in [4.69, 9.17) is 34.2 Å². The minimum atomic E-state index is -0.493. The third-order valence-corrected chi connectivity index (χ3v) is 8.79. The predicted octanol–water partition coefficient (Wildman–Crippen LogP) is 8.61. The molecule has 70 heavy (non-hydrogen) atoms. The highest BCUT2D eigenvalue weighted by atomic mass is 16.5. The van der Waals surface area contributed by atoms with Crippen molar-refractivity contribution in [1.82, 2.24) is 21.3 Å². The van der Waals surface area contributed by atoms with Crippen molar-refractivity contribution >= 4 is 24.4 Å². The maximum Gasteiger partial charge on any atom is 0.249 e. The first-order chi connectivity index (χ1) is 34.1. The van der Waals surface area contributed by atoms with Crippen LogP contribution >= 0.6 is 0 Å². The Morgan fingerprint density at radius 2 is 1.36 bits per heavy atom. The molecule has 1 atom stereocenters. The minimum Gasteiger partial charge on any atom is -0.492 e. The summed E-state index contributed by atoms with van der Waals surface area (Å²) in [6, 6.07) is 5.16. The zero-order chi connectivity index (χ0) is 53.9. The molecule has 394 valence electrons. The summed E-state index contributed by atoms with van der Waals surface area (Å²) in [7, 11) is 5.33. The maximum atomic E-state index is 13.4. The molecular formula is C56H91N5O9. The van der Waals surface area contributed by atoms with Gasteiger partial charge in [0.15, 0.2) is 17.8 Å². The lowest BCUT2D eigenvalue weighted by atomic mass is 9.75. The van der Waals surface area contributed by atoms with E-state index >= 15 is 0 Å². The SMILES string of the molecule is C#C.C=CCOC(=C)/C=C\C=C/C.C=CCOC/C=C\C=C(/COCC=C)C(=O)NCCCC(CCCNC)(CCNC)C(=O)NCCCCN.C=CCOc1cccc(C=O)c1OC.CC.CC=O. The highest BCUT2D eigenvalue weighted by molar-refractivity contribution is 5.94. The van der Waals surface area contributed by atoms with E-state index in [0.717, 1.165) is 57.8 Å². The van der Waals surface area contributed by atoms with Gasteiger partial charge in [0.2, 0.25) is 11.8 Å². The van der Waals surface area contributed by atoms with E-state index in [0.29, 0.717) is 93.9 Å². The highest BCUT2D eigenvalue weighted by Gasteiger charge is 2.36. The molecular weight excluding hydrogens is 887 g/mol. The Labute approximate surface area is 423 Å². The van der Waals surface area contributed by atoms with Crippen LogP contribution in [0.1, 0.15) is 83.0 Å². The third kappa shape index (κ3) is 43.2. The molecule has 14 nitrogen and oxygen atoms in total. The van der Waals surface area contributed by atoms with Crippen LogP contribution in [0, 0.1) is 18.3 Å². The normalized spacial score (nSPS) is 11.0. The molecule has 0 aliphatic rings. The Kier molecular flexibility index (Phi) is 61.5. The van der Waals surface area contributed by atoms with Crippen molar-refractivity contribution in [2.45, 2.75) is 72.6 Å². The van der Waals surface area contributed by atoms with Crippen LogP contribution in [0.15, 0.2) is 129 Å². The lowest BCUT2D eigenvalue weighted by molar-refractivity contribution is -0.132. The number of hydrogen-bond acceptors (Lipinski definition) is 12. The molecule has 1 unspecified atom stereocenters. The van der Waals surface area contributed by atoms with Crippen LogP contribution in [0.5, 0.6) is 11.5 Å². The molecule has 0 fully saturated rings. The first-order valence-electron chi connectivity index (χ1n) is 23.7. The summed E-state index contributed by atoms with van der Waals surface area (Å²) < 4.78 is 26.3. The number of benzene rings is 1. The van der Waals surface area contributed by atoms with E-state index in [1.807, 2.05) is 65.2 Å². The molecule has 0 aliphatic carbocycles. The van der Waals surface area contributed by atoms with Crippen LogP contribution in [0.2, 0.25) is 0 Å². The third-order valence-electron chi connectivity index (χ3n) is 8.79. The second-order valence-corrected chi connectivity index (χ2v) is 14.0. The fourth-order valence-electron chi connectivity index (χ4n) is 5.58. The Morgan fingerprint density at radius 3 is 1.91 bits per heavy atom. The molecule has 2 amide bonds. The van der Waals surface area contributed by atoms with Gasteiger partial charge in [0.1, 0.15) is 25.3 Å². The molecule has 0 saturated heterocycles. The number of allylic oxidation sites excluding steroid dienone is 6. The molecule has 0 saturated carbocycles. The summed E-state index contributed by atoms with van der Waals surface area (Å²) in [6.07, 6.45) is 34.6. The summed E-state index contributed by atoms with van der Waals surface area (Å²) in [5, 5.41) is 12.5. The average molecular weight is 978 g/mol. The molecule has 14 heteroatoms. The number of hydrogen-bond donors (Lipinski definition) is 5. The Balaban J connectivity index is -0.000000354. The van der Waals surface area contributed by atoms with Gasteiger partial charge < -0.3 is 55.5 Å². The van der Waals surface area contributed by atoms with Gasteiger partial charge in [-0.05, 0) is 111 Å². The molecule has 1 rings (SSSR count). The molecule has 0 bridgehead atoms. The summed E-state index contributed by atoms with van der Waals surface area (Å²) in [4.78, 5) is 45.7. The van der Waals surface area contributed by atoms with E-state index in [1.165, 1.54) is 14.0 Å². The van der Waals surface area contributed by atoms with Crippen molar-refractivity contribution in [3.63, 3.8) is 0 Å². The number of rotatable bonds is 36. The zero-order valence-electron chi connectivity index (χ0n) is 43.9. The van der Waals surface area contributed by atoms with E-state index in [9.17, 15) is 14.4 Å². The Hall–Kier alpha value is -6.08. The number of unbranched alkanes of at least 4 members (excludes halogenated alkanes) is 1. The first-order valence-corrected chi connectivity index (χ1v) is 23.7. The molecule has 6 N–H and O–H groups in total. The van der Waals surface area contributed by atoms with Gasteiger partial charge in [-0.3, -0.25) is 14.4 Å². The van der Waals surface area contributed by atoms with E-state index in [1.54, 1.807) is 54.7 Å². The number of methoxy groups -OCH3 is 1. The molecule has 0 spiro atoms. The number of carbonyl (C=O) groups excluding carboxylic acids is 4. The van der Waals surface area contributed by atoms with Crippen LogP contribution < -0.4 is 36.5 Å². The van der Waals surface area contributed by atoms with Gasteiger partial charge in [-0.15, -0.1) is 26.0 Å². The van der Waals surface area contributed by atoms with Crippen LogP contribution in [0.4, 0.5) is 0 Å². The molecule has 0 radical (unpaired) electrons. The van der Waals surface area contributed by atoms with Crippen LogP contribution in [0.25, 0.3) is 0 Å². The second kappa shape index (κ2) is 59.0. The lowest BCUT2D eigenvalue weighted by Crippen LogP contribution is -2.44. The van der Waals surface area contributed by atoms with Crippen LogP contribution in [0.3, 0.4) is 0 Å². The van der Waals surface area contributed by atoms with Crippen molar-refractivity contribution in [2.24, 2.45) is 11.1 Å². The molecule has 1 aromatic rings. The van der Waals surface area contributed by atoms with E-state index < -0.39 is 5.41 Å². The number of nitrogens with two attached hydrogens (primary N) is 1. The monoisotopic (exact) mass is 978 g/mol. The Bertz CT molecular complexity index is 1650. The van der Waals surface area contributed by atoms with E-state index in [-0.39, 0.29) is 18.4 Å². The fourth-order valence-corrected chi connectivity index (χ4v) is 5.58. The van der Waals surface area contributed by atoms with Gasteiger partial charge in [0, 0.05) is 18.7 Å². The molecule has 0 aliphatic heterocycles. The van der Waals surface area contributed by atoms with Crippen molar-refractivity contribution in [2.75, 3.05) is 93.6 Å². The quantitative estimate of drug-likeness (QED) is 0.00821. The topological polar surface area (TPSA) is 189 Å². The Morgan fingerprint density at radius 1 is 0.757 bits per heavy atom. The average Bonchev–Trinajstić information content (AvgIpc) is 3.38. The van der Waals surface area contributed by atoms with Gasteiger partial charge in [0.25, 0.3) is 0 Å². The smallest absolute Gasteiger partial charge is 0.249 e. The summed E-state index contributed by atoms with van der Waals surface area (Å²) in [6.45, 7) is 31.1. The summed E-state index contributed by atoms with van der Waals surface area (Å²) in [5.41, 5.74) is 6.10. The largest absolute Gasteiger partial charge is 0.492 e.